The summed E-state index contributed by atoms with van der Waals surface area (Å²) in [6, 6.07) is 0. The molecule has 0 bridgehead atoms. The van der Waals surface area contributed by atoms with Gasteiger partial charge in [0.2, 0.25) is 4.96 Å². The second-order valence-corrected chi connectivity index (χ2v) is 7.55. The van der Waals surface area contributed by atoms with Gasteiger partial charge in [0.15, 0.2) is 5.82 Å². The van der Waals surface area contributed by atoms with Crippen LogP contribution in [0.1, 0.15) is 63.7 Å². The lowest BCUT2D eigenvalue weighted by molar-refractivity contribution is 0.298. The molecule has 3 rings (SSSR count). The van der Waals surface area contributed by atoms with E-state index in [1.165, 1.54) is 19.3 Å². The first kappa shape index (κ1) is 13.0. The molecular weight excluding hydrogens is 258 g/mol. The molecule has 1 aliphatic carbocycles. The smallest absolute Gasteiger partial charge is 0.234 e. The average Bonchev–Trinajstić information content (AvgIpc) is 2.87. The van der Waals surface area contributed by atoms with Crippen LogP contribution in [0.3, 0.4) is 0 Å². The van der Waals surface area contributed by atoms with Crippen molar-refractivity contribution >= 4 is 16.3 Å². The quantitative estimate of drug-likeness (QED) is 0.871. The Morgan fingerprint density at radius 2 is 1.84 bits per heavy atom. The molecule has 104 valence electrons. The zero-order chi connectivity index (χ0) is 13.7. The number of fused-ring (bicyclic) bond motifs is 1. The van der Waals surface area contributed by atoms with Crippen LogP contribution < -0.4 is 5.73 Å². The SMILES string of the molecule is CC(C)(C)c1nnc2sc(C3(N)CCCCC3)nn12. The average molecular weight is 279 g/mol. The molecule has 0 amide bonds. The number of rotatable bonds is 1. The summed E-state index contributed by atoms with van der Waals surface area (Å²) >= 11 is 1.59. The summed E-state index contributed by atoms with van der Waals surface area (Å²) in [7, 11) is 0. The molecule has 0 spiro atoms. The first-order valence-corrected chi connectivity index (χ1v) is 7.74. The fraction of sp³-hybridized carbons (Fsp3) is 0.769. The molecule has 0 aliphatic heterocycles. The van der Waals surface area contributed by atoms with E-state index in [1.54, 1.807) is 11.3 Å². The Morgan fingerprint density at radius 1 is 1.16 bits per heavy atom. The zero-order valence-electron chi connectivity index (χ0n) is 11.8. The molecular formula is C13H21N5S. The van der Waals surface area contributed by atoms with Crippen LogP contribution in [0.5, 0.6) is 0 Å². The van der Waals surface area contributed by atoms with Crippen LogP contribution in [0.25, 0.3) is 4.96 Å². The van der Waals surface area contributed by atoms with E-state index in [0.717, 1.165) is 28.6 Å². The van der Waals surface area contributed by atoms with Crippen LogP contribution in [0.2, 0.25) is 0 Å². The molecule has 0 aromatic carbocycles. The molecule has 0 radical (unpaired) electrons. The highest BCUT2D eigenvalue weighted by Crippen LogP contribution is 2.37. The lowest BCUT2D eigenvalue weighted by Gasteiger charge is -2.30. The molecule has 1 aliphatic rings. The van der Waals surface area contributed by atoms with Crippen molar-refractivity contribution in [3.05, 3.63) is 10.8 Å². The van der Waals surface area contributed by atoms with Crippen molar-refractivity contribution in [3.63, 3.8) is 0 Å². The summed E-state index contributed by atoms with van der Waals surface area (Å²) in [5.74, 6) is 0.907. The van der Waals surface area contributed by atoms with E-state index in [1.807, 2.05) is 4.52 Å². The summed E-state index contributed by atoms with van der Waals surface area (Å²) in [6.07, 6.45) is 5.74. The molecule has 6 heteroatoms. The van der Waals surface area contributed by atoms with E-state index in [-0.39, 0.29) is 11.0 Å². The third kappa shape index (κ3) is 2.17. The van der Waals surface area contributed by atoms with E-state index in [0.29, 0.717) is 0 Å². The van der Waals surface area contributed by atoms with Crippen LogP contribution in [-0.4, -0.2) is 19.8 Å². The van der Waals surface area contributed by atoms with E-state index in [2.05, 4.69) is 31.0 Å². The highest BCUT2D eigenvalue weighted by atomic mass is 32.1. The third-order valence-corrected chi connectivity index (χ3v) is 4.95. The molecule has 1 saturated carbocycles. The van der Waals surface area contributed by atoms with Crippen molar-refractivity contribution in [1.82, 2.24) is 19.8 Å². The second kappa shape index (κ2) is 4.24. The van der Waals surface area contributed by atoms with E-state index in [4.69, 9.17) is 10.8 Å². The summed E-state index contributed by atoms with van der Waals surface area (Å²) in [5, 5.41) is 14.2. The van der Waals surface area contributed by atoms with Crippen molar-refractivity contribution in [2.24, 2.45) is 5.73 Å². The summed E-state index contributed by atoms with van der Waals surface area (Å²) in [5.41, 5.74) is 6.24. The minimum absolute atomic E-state index is 0.0565. The zero-order valence-corrected chi connectivity index (χ0v) is 12.6. The highest BCUT2D eigenvalue weighted by molar-refractivity contribution is 7.16. The van der Waals surface area contributed by atoms with Crippen LogP contribution >= 0.6 is 11.3 Å². The van der Waals surface area contributed by atoms with Gasteiger partial charge in [0.25, 0.3) is 0 Å². The molecule has 0 saturated heterocycles. The van der Waals surface area contributed by atoms with Gasteiger partial charge in [-0.05, 0) is 12.8 Å². The van der Waals surface area contributed by atoms with Gasteiger partial charge >= 0.3 is 0 Å². The van der Waals surface area contributed by atoms with Gasteiger partial charge in [-0.1, -0.05) is 51.4 Å². The van der Waals surface area contributed by atoms with Crippen LogP contribution in [-0.2, 0) is 11.0 Å². The first-order valence-electron chi connectivity index (χ1n) is 6.92. The number of nitrogens with two attached hydrogens (primary N) is 1. The Labute approximate surface area is 117 Å². The van der Waals surface area contributed by atoms with Gasteiger partial charge in [0, 0.05) is 5.41 Å². The highest BCUT2D eigenvalue weighted by Gasteiger charge is 2.34. The number of nitrogens with zero attached hydrogens (tertiary/aromatic N) is 4. The monoisotopic (exact) mass is 279 g/mol. The number of hydrogen-bond acceptors (Lipinski definition) is 5. The molecule has 5 nitrogen and oxygen atoms in total. The Kier molecular flexibility index (Phi) is 2.90. The normalized spacial score (nSPS) is 20.0. The lowest BCUT2D eigenvalue weighted by atomic mass is 9.83. The number of hydrogen-bond donors (Lipinski definition) is 1. The van der Waals surface area contributed by atoms with Gasteiger partial charge in [-0.15, -0.1) is 10.2 Å². The maximum absolute atomic E-state index is 6.55. The van der Waals surface area contributed by atoms with Gasteiger partial charge < -0.3 is 5.73 Å². The Balaban J connectivity index is 2.05. The van der Waals surface area contributed by atoms with Crippen molar-refractivity contribution in [2.75, 3.05) is 0 Å². The largest absolute Gasteiger partial charge is 0.319 e. The van der Waals surface area contributed by atoms with Crippen LogP contribution in [0.4, 0.5) is 0 Å². The topological polar surface area (TPSA) is 69.1 Å². The molecule has 1 fully saturated rings. The summed E-state index contributed by atoms with van der Waals surface area (Å²) in [6.45, 7) is 6.38. The third-order valence-electron chi connectivity index (χ3n) is 3.83. The second-order valence-electron chi connectivity index (χ2n) is 6.59. The Bertz CT molecular complexity index is 586. The van der Waals surface area contributed by atoms with Gasteiger partial charge in [0.05, 0.1) is 5.54 Å². The summed E-state index contributed by atoms with van der Waals surface area (Å²) < 4.78 is 1.88. The molecule has 0 unspecified atom stereocenters. The molecule has 2 N–H and O–H groups in total. The number of aromatic nitrogens is 4. The van der Waals surface area contributed by atoms with Gasteiger partial charge in [-0.3, -0.25) is 0 Å². The fourth-order valence-corrected chi connectivity index (χ4v) is 3.68. The van der Waals surface area contributed by atoms with E-state index >= 15 is 0 Å². The van der Waals surface area contributed by atoms with Gasteiger partial charge in [-0.25, -0.2) is 0 Å². The van der Waals surface area contributed by atoms with Crippen molar-refractivity contribution < 1.29 is 0 Å². The van der Waals surface area contributed by atoms with Crippen LogP contribution in [0, 0.1) is 0 Å². The predicted octanol–water partition coefficient (Wildman–Crippen LogP) is 2.60. The summed E-state index contributed by atoms with van der Waals surface area (Å²) in [4.78, 5) is 0.857. The molecule has 2 heterocycles. The van der Waals surface area contributed by atoms with Crippen LogP contribution in [0.15, 0.2) is 0 Å². The minimum Gasteiger partial charge on any atom is -0.319 e. The van der Waals surface area contributed by atoms with E-state index in [9.17, 15) is 0 Å². The molecule has 2 aromatic heterocycles. The maximum Gasteiger partial charge on any atom is 0.234 e. The lowest BCUT2D eigenvalue weighted by Crippen LogP contribution is -2.38. The molecule has 2 aromatic rings. The Morgan fingerprint density at radius 3 is 2.47 bits per heavy atom. The van der Waals surface area contributed by atoms with Gasteiger partial charge in [0.1, 0.15) is 5.01 Å². The fourth-order valence-electron chi connectivity index (χ4n) is 2.68. The van der Waals surface area contributed by atoms with Crippen molar-refractivity contribution in [3.8, 4) is 0 Å². The predicted molar refractivity (Wildman–Crippen MR) is 76.3 cm³/mol. The standard InChI is InChI=1S/C13H21N5S/c1-12(2,3)9-15-16-11-18(9)17-10(19-11)13(14)7-5-4-6-8-13/h4-8,14H2,1-3H3. The minimum atomic E-state index is -0.251. The van der Waals surface area contributed by atoms with E-state index < -0.39 is 0 Å². The van der Waals surface area contributed by atoms with Gasteiger partial charge in [-0.2, -0.15) is 9.61 Å². The first-order chi connectivity index (χ1) is 8.90. The molecule has 19 heavy (non-hydrogen) atoms. The maximum atomic E-state index is 6.55. The van der Waals surface area contributed by atoms with Crippen molar-refractivity contribution in [1.29, 1.82) is 0 Å². The molecule has 0 atom stereocenters. The Hall–Kier alpha value is -1.01. The van der Waals surface area contributed by atoms with Crippen molar-refractivity contribution in [2.45, 2.75) is 63.8 Å².